The second-order valence-corrected chi connectivity index (χ2v) is 5.94. The first-order valence-corrected chi connectivity index (χ1v) is 7.70. The Bertz CT molecular complexity index is 748. The van der Waals surface area contributed by atoms with Gasteiger partial charge in [-0.25, -0.2) is 9.97 Å². The Kier molecular flexibility index (Phi) is 6.12. The molecule has 0 aliphatic rings. The van der Waals surface area contributed by atoms with Gasteiger partial charge in [-0.1, -0.05) is 17.7 Å². The monoisotopic (exact) mass is 320 g/mol. The summed E-state index contributed by atoms with van der Waals surface area (Å²) in [6.45, 7) is 3.63. The number of rotatable bonds is 2. The smallest absolute Gasteiger partial charge is 0.294 e. The van der Waals surface area contributed by atoms with Crippen LogP contribution in [-0.2, 0) is 10.1 Å². The van der Waals surface area contributed by atoms with E-state index >= 15 is 0 Å². The molecule has 1 aromatic heterocycles. The zero-order chi connectivity index (χ0) is 16.8. The molecule has 0 amide bonds. The normalized spacial score (nSPS) is 11.8. The highest BCUT2D eigenvalue weighted by Gasteiger charge is 2.06. The summed E-state index contributed by atoms with van der Waals surface area (Å²) >= 11 is 0. The molecular weight excluding hydrogens is 304 g/mol. The zero-order valence-electron chi connectivity index (χ0n) is 12.1. The highest BCUT2D eigenvalue weighted by molar-refractivity contribution is 7.85. The maximum Gasteiger partial charge on any atom is 0.294 e. The van der Waals surface area contributed by atoms with E-state index in [9.17, 15) is 8.42 Å². The number of aryl methyl sites for hydroxylation is 1. The third-order valence-electron chi connectivity index (χ3n) is 2.53. The first kappa shape index (κ1) is 17.7. The van der Waals surface area contributed by atoms with Crippen molar-refractivity contribution in [1.82, 2.24) is 9.97 Å². The van der Waals surface area contributed by atoms with Crippen LogP contribution < -0.4 is 5.73 Å². The number of aromatic nitrogens is 2. The first-order valence-electron chi connectivity index (χ1n) is 6.26. The molecule has 0 saturated heterocycles. The van der Waals surface area contributed by atoms with Crippen LogP contribution in [0, 0.1) is 18.3 Å². The van der Waals surface area contributed by atoms with Crippen molar-refractivity contribution in [1.29, 1.82) is 5.26 Å². The lowest BCUT2D eigenvalue weighted by molar-refractivity contribution is 0.483. The lowest BCUT2D eigenvalue weighted by Gasteiger charge is -2.00. The summed E-state index contributed by atoms with van der Waals surface area (Å²) in [5.74, 6) is 0.559. The average molecular weight is 320 g/mol. The van der Waals surface area contributed by atoms with E-state index in [0.717, 1.165) is 5.56 Å². The van der Waals surface area contributed by atoms with Gasteiger partial charge in [0.1, 0.15) is 11.9 Å². The van der Waals surface area contributed by atoms with Crippen LogP contribution in [0.15, 0.2) is 41.6 Å². The number of hydrogen-bond donors (Lipinski definition) is 2. The molecule has 2 aromatic rings. The van der Waals surface area contributed by atoms with E-state index < -0.39 is 10.1 Å². The van der Waals surface area contributed by atoms with E-state index in [0.29, 0.717) is 11.4 Å². The molecule has 8 heteroatoms. The van der Waals surface area contributed by atoms with Gasteiger partial charge in [0, 0.05) is 12.4 Å². The van der Waals surface area contributed by atoms with Crippen molar-refractivity contribution in [2.75, 3.05) is 0 Å². The van der Waals surface area contributed by atoms with Gasteiger partial charge in [-0.3, -0.25) is 4.55 Å². The SMILES string of the molecule is C[C@H](N)c1ncc(C#N)cn1.Cc1ccc(S(=O)(=O)O)cc1. The van der Waals surface area contributed by atoms with E-state index in [1.807, 2.05) is 13.0 Å². The molecule has 0 spiro atoms. The van der Waals surface area contributed by atoms with Crippen LogP contribution in [0.2, 0.25) is 0 Å². The maximum atomic E-state index is 10.5. The number of benzene rings is 1. The van der Waals surface area contributed by atoms with Crippen LogP contribution >= 0.6 is 0 Å². The molecule has 0 aliphatic heterocycles. The summed E-state index contributed by atoms with van der Waals surface area (Å²) in [5.41, 5.74) is 6.91. The van der Waals surface area contributed by atoms with Crippen LogP contribution in [0.3, 0.4) is 0 Å². The molecular formula is C14H16N4O3S. The molecule has 116 valence electrons. The fraction of sp³-hybridized carbons (Fsp3) is 0.214. The number of nitrogens with zero attached hydrogens (tertiary/aromatic N) is 3. The quantitative estimate of drug-likeness (QED) is 0.804. The fourth-order valence-corrected chi connectivity index (χ4v) is 1.82. The van der Waals surface area contributed by atoms with Crippen LogP contribution in [0.5, 0.6) is 0 Å². The van der Waals surface area contributed by atoms with Gasteiger partial charge >= 0.3 is 0 Å². The van der Waals surface area contributed by atoms with Crippen LogP contribution in [0.1, 0.15) is 29.9 Å². The van der Waals surface area contributed by atoms with Crippen molar-refractivity contribution in [2.45, 2.75) is 24.8 Å². The topological polar surface area (TPSA) is 130 Å². The van der Waals surface area contributed by atoms with E-state index in [-0.39, 0.29) is 10.9 Å². The van der Waals surface area contributed by atoms with Gasteiger partial charge in [-0.2, -0.15) is 13.7 Å². The Morgan fingerprint density at radius 3 is 2.09 bits per heavy atom. The van der Waals surface area contributed by atoms with Crippen LogP contribution in [-0.4, -0.2) is 22.9 Å². The Morgan fingerprint density at radius 1 is 1.23 bits per heavy atom. The highest BCUT2D eigenvalue weighted by Crippen LogP contribution is 2.08. The Labute approximate surface area is 129 Å². The highest BCUT2D eigenvalue weighted by atomic mass is 32.2. The molecule has 0 radical (unpaired) electrons. The number of nitrogens with two attached hydrogens (primary N) is 1. The summed E-state index contributed by atoms with van der Waals surface area (Å²) in [7, 11) is -4.02. The van der Waals surface area contributed by atoms with Crippen molar-refractivity contribution in [3.63, 3.8) is 0 Å². The fourth-order valence-electron chi connectivity index (χ4n) is 1.34. The third kappa shape index (κ3) is 5.57. The van der Waals surface area contributed by atoms with Gasteiger partial charge in [0.15, 0.2) is 0 Å². The van der Waals surface area contributed by atoms with Crippen LogP contribution in [0.4, 0.5) is 0 Å². The Morgan fingerprint density at radius 2 is 1.73 bits per heavy atom. The molecule has 1 heterocycles. The van der Waals surface area contributed by atoms with Gasteiger partial charge in [0.2, 0.25) is 0 Å². The maximum absolute atomic E-state index is 10.5. The lowest BCUT2D eigenvalue weighted by Crippen LogP contribution is -2.09. The van der Waals surface area contributed by atoms with E-state index in [2.05, 4.69) is 9.97 Å². The molecule has 1 atom stereocenters. The van der Waals surface area contributed by atoms with Crippen molar-refractivity contribution >= 4 is 10.1 Å². The van der Waals surface area contributed by atoms with Crippen LogP contribution in [0.25, 0.3) is 0 Å². The predicted octanol–water partition coefficient (Wildman–Crippen LogP) is 1.61. The van der Waals surface area contributed by atoms with Crippen molar-refractivity contribution in [3.05, 3.63) is 53.6 Å². The van der Waals surface area contributed by atoms with Crippen molar-refractivity contribution in [2.24, 2.45) is 5.73 Å². The van der Waals surface area contributed by atoms with Gasteiger partial charge in [0.05, 0.1) is 16.5 Å². The summed E-state index contributed by atoms with van der Waals surface area (Å²) in [4.78, 5) is 7.71. The van der Waals surface area contributed by atoms with E-state index in [4.69, 9.17) is 15.5 Å². The Balaban J connectivity index is 0.000000220. The van der Waals surface area contributed by atoms with Gasteiger partial charge < -0.3 is 5.73 Å². The summed E-state index contributed by atoms with van der Waals surface area (Å²) < 4.78 is 29.6. The lowest BCUT2D eigenvalue weighted by atomic mass is 10.2. The molecule has 7 nitrogen and oxygen atoms in total. The summed E-state index contributed by atoms with van der Waals surface area (Å²) in [6.07, 6.45) is 2.93. The summed E-state index contributed by atoms with van der Waals surface area (Å²) in [6, 6.07) is 7.74. The number of hydrogen-bond acceptors (Lipinski definition) is 6. The van der Waals surface area contributed by atoms with Gasteiger partial charge in [-0.05, 0) is 26.0 Å². The minimum atomic E-state index is -4.02. The van der Waals surface area contributed by atoms with Gasteiger partial charge in [0.25, 0.3) is 10.1 Å². The van der Waals surface area contributed by atoms with Crippen molar-refractivity contribution < 1.29 is 13.0 Å². The largest absolute Gasteiger partial charge is 0.322 e. The first-order chi connectivity index (χ1) is 10.2. The molecule has 0 bridgehead atoms. The molecule has 2 rings (SSSR count). The second kappa shape index (κ2) is 7.61. The van der Waals surface area contributed by atoms with E-state index in [1.165, 1.54) is 24.5 Å². The van der Waals surface area contributed by atoms with Gasteiger partial charge in [-0.15, -0.1) is 0 Å². The molecule has 0 aliphatic carbocycles. The number of nitriles is 1. The van der Waals surface area contributed by atoms with Crippen molar-refractivity contribution in [3.8, 4) is 6.07 Å². The standard InChI is InChI=1S/C7H8N4.C7H8O3S/c1-5(9)7-10-3-6(2-8)4-11-7;1-6-2-4-7(5-3-6)11(8,9)10/h3-5H,9H2,1H3;2-5H,1H3,(H,8,9,10)/t5-;/m0./s1. The third-order valence-corrected chi connectivity index (χ3v) is 3.39. The Hall–Kier alpha value is -2.34. The summed E-state index contributed by atoms with van der Waals surface area (Å²) in [5, 5.41) is 8.41. The molecule has 3 N–H and O–H groups in total. The average Bonchev–Trinajstić information content (AvgIpc) is 2.47. The second-order valence-electron chi connectivity index (χ2n) is 4.52. The molecule has 22 heavy (non-hydrogen) atoms. The van der Waals surface area contributed by atoms with E-state index in [1.54, 1.807) is 19.1 Å². The molecule has 0 saturated carbocycles. The molecule has 1 aromatic carbocycles. The molecule has 0 fully saturated rings. The molecule has 0 unspecified atom stereocenters. The predicted molar refractivity (Wildman–Crippen MR) is 80.3 cm³/mol. The zero-order valence-corrected chi connectivity index (χ0v) is 12.9. The minimum absolute atomic E-state index is 0.0666. The minimum Gasteiger partial charge on any atom is -0.322 e.